The van der Waals surface area contributed by atoms with Crippen molar-refractivity contribution in [2.75, 3.05) is 0 Å². The van der Waals surface area contributed by atoms with Crippen molar-refractivity contribution >= 4 is 5.97 Å². The SMILES string of the molecule is C[C@@H](CC(=O)O[C@@H](c1ccncc1)c1ccc(F)cc1)c1ccc(F)cc1. The molecule has 0 bridgehead atoms. The van der Waals surface area contributed by atoms with Crippen LogP contribution in [0.2, 0.25) is 0 Å². The van der Waals surface area contributed by atoms with Crippen LogP contribution in [0.25, 0.3) is 0 Å². The second kappa shape index (κ2) is 8.54. The number of hydrogen-bond acceptors (Lipinski definition) is 3. The maximum absolute atomic E-state index is 13.3. The van der Waals surface area contributed by atoms with Gasteiger partial charge in [-0.15, -0.1) is 0 Å². The Morgan fingerprint density at radius 2 is 1.33 bits per heavy atom. The third-order valence-electron chi connectivity index (χ3n) is 4.34. The number of benzene rings is 2. The third kappa shape index (κ3) is 4.97. The molecule has 1 aromatic heterocycles. The smallest absolute Gasteiger partial charge is 0.307 e. The van der Waals surface area contributed by atoms with Gasteiger partial charge in [-0.25, -0.2) is 8.78 Å². The van der Waals surface area contributed by atoms with Crippen molar-refractivity contribution in [2.24, 2.45) is 0 Å². The Balaban J connectivity index is 1.76. The molecule has 1 heterocycles. The van der Waals surface area contributed by atoms with Crippen LogP contribution >= 0.6 is 0 Å². The van der Waals surface area contributed by atoms with Crippen LogP contribution in [-0.2, 0) is 9.53 Å². The number of hydrogen-bond donors (Lipinski definition) is 0. The van der Waals surface area contributed by atoms with Gasteiger partial charge in [-0.05, 0) is 53.4 Å². The lowest BCUT2D eigenvalue weighted by Gasteiger charge is -2.20. The number of carbonyl (C=O) groups is 1. The number of halogens is 2. The van der Waals surface area contributed by atoms with Crippen LogP contribution in [0, 0.1) is 11.6 Å². The molecule has 0 saturated carbocycles. The highest BCUT2D eigenvalue weighted by atomic mass is 19.1. The van der Waals surface area contributed by atoms with Crippen LogP contribution in [0.5, 0.6) is 0 Å². The highest BCUT2D eigenvalue weighted by Crippen LogP contribution is 2.28. The van der Waals surface area contributed by atoms with E-state index < -0.39 is 12.1 Å². The Labute approximate surface area is 156 Å². The van der Waals surface area contributed by atoms with Gasteiger partial charge in [0.15, 0.2) is 6.10 Å². The molecule has 3 nitrogen and oxygen atoms in total. The Morgan fingerprint density at radius 1 is 0.852 bits per heavy atom. The van der Waals surface area contributed by atoms with Gasteiger partial charge in [0.25, 0.3) is 0 Å². The normalized spacial score (nSPS) is 13.0. The molecule has 0 aliphatic rings. The van der Waals surface area contributed by atoms with Crippen molar-refractivity contribution < 1.29 is 18.3 Å². The second-order valence-corrected chi connectivity index (χ2v) is 6.36. The molecule has 0 N–H and O–H groups in total. The van der Waals surface area contributed by atoms with Crippen LogP contribution in [0.15, 0.2) is 73.1 Å². The predicted molar refractivity (Wildman–Crippen MR) is 98.0 cm³/mol. The van der Waals surface area contributed by atoms with Crippen molar-refractivity contribution in [3.63, 3.8) is 0 Å². The van der Waals surface area contributed by atoms with Gasteiger partial charge in [0.2, 0.25) is 0 Å². The minimum atomic E-state index is -0.651. The topological polar surface area (TPSA) is 39.2 Å². The molecule has 0 amide bonds. The Hall–Kier alpha value is -3.08. The molecule has 2 atom stereocenters. The van der Waals surface area contributed by atoms with E-state index in [9.17, 15) is 13.6 Å². The number of pyridine rings is 1. The van der Waals surface area contributed by atoms with E-state index in [0.717, 1.165) is 11.1 Å². The van der Waals surface area contributed by atoms with Gasteiger partial charge in [-0.2, -0.15) is 0 Å². The molecule has 0 spiro atoms. The molecule has 138 valence electrons. The summed E-state index contributed by atoms with van der Waals surface area (Å²) in [4.78, 5) is 16.5. The molecule has 3 aromatic rings. The minimum Gasteiger partial charge on any atom is -0.453 e. The van der Waals surface area contributed by atoms with Crippen LogP contribution in [0.4, 0.5) is 8.78 Å². The number of carbonyl (C=O) groups excluding carboxylic acids is 1. The van der Waals surface area contributed by atoms with Gasteiger partial charge < -0.3 is 4.74 Å². The zero-order valence-electron chi connectivity index (χ0n) is 14.8. The highest BCUT2D eigenvalue weighted by Gasteiger charge is 2.21. The summed E-state index contributed by atoms with van der Waals surface area (Å²) in [5.41, 5.74) is 2.28. The van der Waals surface area contributed by atoms with Crippen LogP contribution in [0.3, 0.4) is 0 Å². The number of ether oxygens (including phenoxy) is 1. The quantitative estimate of drug-likeness (QED) is 0.563. The summed E-state index contributed by atoms with van der Waals surface area (Å²) < 4.78 is 32.0. The van der Waals surface area contributed by atoms with E-state index >= 15 is 0 Å². The standard InChI is InChI=1S/C22H19F2NO2/c1-15(16-2-6-19(23)7-3-16)14-21(26)27-22(18-10-12-25-13-11-18)17-4-8-20(24)9-5-17/h2-13,15,22H,14H2,1H3/t15-,22+/m0/s1. The van der Waals surface area contributed by atoms with Crippen LogP contribution in [0.1, 0.15) is 42.1 Å². The van der Waals surface area contributed by atoms with Gasteiger partial charge >= 0.3 is 5.97 Å². The van der Waals surface area contributed by atoms with Crippen molar-refractivity contribution in [1.82, 2.24) is 4.98 Å². The van der Waals surface area contributed by atoms with Gasteiger partial charge in [-0.1, -0.05) is 31.2 Å². The monoisotopic (exact) mass is 367 g/mol. The average Bonchev–Trinajstić information content (AvgIpc) is 2.68. The lowest BCUT2D eigenvalue weighted by atomic mass is 9.97. The molecule has 27 heavy (non-hydrogen) atoms. The summed E-state index contributed by atoms with van der Waals surface area (Å²) in [5.74, 6) is -1.19. The molecular formula is C22H19F2NO2. The number of rotatable bonds is 6. The summed E-state index contributed by atoms with van der Waals surface area (Å²) in [5, 5.41) is 0. The van der Waals surface area contributed by atoms with Crippen molar-refractivity contribution in [2.45, 2.75) is 25.4 Å². The summed E-state index contributed by atoms with van der Waals surface area (Å²) in [6, 6.07) is 15.4. The first-order chi connectivity index (χ1) is 13.0. The third-order valence-corrected chi connectivity index (χ3v) is 4.34. The van der Waals surface area contributed by atoms with Gasteiger partial charge in [0.05, 0.1) is 6.42 Å². The Morgan fingerprint density at radius 3 is 1.89 bits per heavy atom. The predicted octanol–water partition coefficient (Wildman–Crippen LogP) is 5.19. The molecule has 0 radical (unpaired) electrons. The lowest BCUT2D eigenvalue weighted by Crippen LogP contribution is -2.15. The molecular weight excluding hydrogens is 348 g/mol. The van der Waals surface area contributed by atoms with Crippen molar-refractivity contribution in [3.05, 3.63) is 101 Å². The van der Waals surface area contributed by atoms with Gasteiger partial charge in [0.1, 0.15) is 11.6 Å². The molecule has 3 rings (SSSR count). The van der Waals surface area contributed by atoms with Gasteiger partial charge in [-0.3, -0.25) is 9.78 Å². The number of nitrogens with zero attached hydrogens (tertiary/aromatic N) is 1. The lowest BCUT2D eigenvalue weighted by molar-refractivity contribution is -0.147. The number of esters is 1. The molecule has 0 unspecified atom stereocenters. The molecule has 0 saturated heterocycles. The molecule has 5 heteroatoms. The minimum absolute atomic E-state index is 0.121. The van der Waals surface area contributed by atoms with Gasteiger partial charge in [0, 0.05) is 18.0 Å². The largest absolute Gasteiger partial charge is 0.453 e. The molecule has 0 fully saturated rings. The first-order valence-electron chi connectivity index (χ1n) is 8.63. The average molecular weight is 367 g/mol. The maximum Gasteiger partial charge on any atom is 0.307 e. The fourth-order valence-corrected chi connectivity index (χ4v) is 2.84. The zero-order valence-corrected chi connectivity index (χ0v) is 14.8. The Kier molecular flexibility index (Phi) is 5.91. The first-order valence-corrected chi connectivity index (χ1v) is 8.63. The zero-order chi connectivity index (χ0) is 19.2. The number of aromatic nitrogens is 1. The van der Waals surface area contributed by atoms with E-state index in [1.54, 1.807) is 48.8 Å². The fraction of sp³-hybridized carbons (Fsp3) is 0.182. The van der Waals surface area contributed by atoms with E-state index in [-0.39, 0.29) is 24.0 Å². The molecule has 0 aliphatic heterocycles. The van der Waals surface area contributed by atoms with Crippen molar-refractivity contribution in [1.29, 1.82) is 0 Å². The highest BCUT2D eigenvalue weighted by molar-refractivity contribution is 5.71. The summed E-state index contributed by atoms with van der Waals surface area (Å²) in [6.45, 7) is 1.88. The maximum atomic E-state index is 13.3. The van der Waals surface area contributed by atoms with E-state index in [2.05, 4.69) is 4.98 Å². The Bertz CT molecular complexity index is 880. The molecule has 2 aromatic carbocycles. The van der Waals surface area contributed by atoms with E-state index in [1.807, 2.05) is 6.92 Å². The van der Waals surface area contributed by atoms with Crippen LogP contribution < -0.4 is 0 Å². The first kappa shape index (κ1) is 18.7. The van der Waals surface area contributed by atoms with Crippen molar-refractivity contribution in [3.8, 4) is 0 Å². The van der Waals surface area contributed by atoms with E-state index in [4.69, 9.17) is 4.74 Å². The fourth-order valence-electron chi connectivity index (χ4n) is 2.84. The summed E-state index contributed by atoms with van der Waals surface area (Å²) >= 11 is 0. The van der Waals surface area contributed by atoms with Crippen LogP contribution in [-0.4, -0.2) is 11.0 Å². The summed E-state index contributed by atoms with van der Waals surface area (Å²) in [7, 11) is 0. The van der Waals surface area contributed by atoms with E-state index in [0.29, 0.717) is 5.56 Å². The molecule has 0 aliphatic carbocycles. The second-order valence-electron chi connectivity index (χ2n) is 6.36. The summed E-state index contributed by atoms with van der Waals surface area (Å²) in [6.07, 6.45) is 2.72. The van der Waals surface area contributed by atoms with E-state index in [1.165, 1.54) is 24.3 Å².